The molecule has 2 atom stereocenters. The second kappa shape index (κ2) is 13.5. The van der Waals surface area contributed by atoms with Crippen LogP contribution in [0.3, 0.4) is 0 Å². The Bertz CT molecular complexity index is 1140. The number of benzene rings is 1. The van der Waals surface area contributed by atoms with Crippen LogP contribution in [0.5, 0.6) is 5.75 Å². The van der Waals surface area contributed by atoms with Gasteiger partial charge in [0.05, 0.1) is 0 Å². The van der Waals surface area contributed by atoms with Gasteiger partial charge in [0.1, 0.15) is 17.8 Å². The molecule has 3 amide bonds. The number of hydrogen-bond donors (Lipinski definition) is 5. The summed E-state index contributed by atoms with van der Waals surface area (Å²) < 4.78 is 21.0. The van der Waals surface area contributed by atoms with Crippen LogP contribution in [-0.4, -0.2) is 43.7 Å². The highest BCUT2D eigenvalue weighted by Crippen LogP contribution is 2.37. The van der Waals surface area contributed by atoms with Crippen LogP contribution in [0.15, 0.2) is 28.8 Å². The van der Waals surface area contributed by atoms with Gasteiger partial charge in [-0.25, -0.2) is 4.57 Å². The smallest absolute Gasteiger partial charge is 0.404 e. The first-order valence-electron chi connectivity index (χ1n) is 12.5. The Morgan fingerprint density at radius 1 is 1.16 bits per heavy atom. The van der Waals surface area contributed by atoms with Gasteiger partial charge in [-0.1, -0.05) is 49.4 Å². The van der Waals surface area contributed by atoms with Gasteiger partial charge in [-0.2, -0.15) is 4.98 Å². The Balaban J connectivity index is 1.71. The van der Waals surface area contributed by atoms with Crippen molar-refractivity contribution in [1.82, 2.24) is 20.8 Å². The summed E-state index contributed by atoms with van der Waals surface area (Å²) in [6.45, 7) is 1.28. The van der Waals surface area contributed by atoms with E-state index in [-0.39, 0.29) is 30.9 Å². The fraction of sp³-hybridized carbons (Fsp3) is 0.542. The zero-order valence-electron chi connectivity index (χ0n) is 21.2. The fourth-order valence-electron chi connectivity index (χ4n) is 4.47. The highest BCUT2D eigenvalue weighted by molar-refractivity contribution is 7.46. The largest absolute Gasteiger partial charge is 0.524 e. The van der Waals surface area contributed by atoms with Crippen molar-refractivity contribution in [3.05, 3.63) is 41.5 Å². The lowest BCUT2D eigenvalue weighted by atomic mass is 9.87. The topological polar surface area (TPSA) is 207 Å². The number of aromatic nitrogens is 2. The summed E-state index contributed by atoms with van der Waals surface area (Å²) >= 11 is 0. The Morgan fingerprint density at radius 2 is 1.84 bits per heavy atom. The van der Waals surface area contributed by atoms with Crippen LogP contribution in [0.2, 0.25) is 0 Å². The van der Waals surface area contributed by atoms with E-state index in [0.29, 0.717) is 23.7 Å². The zero-order chi connectivity index (χ0) is 27.7. The number of amides is 3. The predicted octanol–water partition coefficient (Wildman–Crippen LogP) is 1.83. The van der Waals surface area contributed by atoms with E-state index in [1.807, 2.05) is 0 Å². The van der Waals surface area contributed by atoms with E-state index < -0.39 is 37.6 Å². The number of primary amides is 1. The molecule has 0 bridgehead atoms. The molecule has 1 aromatic carbocycles. The maximum absolute atomic E-state index is 13.2. The average Bonchev–Trinajstić information content (AvgIpc) is 3.30. The molecule has 14 heteroatoms. The lowest BCUT2D eigenvalue weighted by Crippen LogP contribution is -2.48. The third-order valence-corrected chi connectivity index (χ3v) is 6.70. The monoisotopic (exact) mass is 551 g/mol. The lowest BCUT2D eigenvalue weighted by molar-refractivity contribution is -0.128. The molecule has 0 saturated heterocycles. The van der Waals surface area contributed by atoms with Gasteiger partial charge in [-0.3, -0.25) is 24.2 Å². The first kappa shape index (κ1) is 29.3. The number of phosphoric acid groups is 1. The maximum Gasteiger partial charge on any atom is 0.524 e. The molecule has 1 aliphatic rings. The Kier molecular flexibility index (Phi) is 10.4. The molecule has 208 valence electrons. The van der Waals surface area contributed by atoms with Gasteiger partial charge in [0.25, 0.3) is 0 Å². The second-order valence-electron chi connectivity index (χ2n) is 9.51. The van der Waals surface area contributed by atoms with Crippen molar-refractivity contribution in [2.75, 3.05) is 0 Å². The maximum atomic E-state index is 13.2. The van der Waals surface area contributed by atoms with E-state index in [9.17, 15) is 18.9 Å². The van der Waals surface area contributed by atoms with Gasteiger partial charge < -0.3 is 25.4 Å². The van der Waals surface area contributed by atoms with Gasteiger partial charge in [-0.15, -0.1) is 0 Å². The molecule has 0 aliphatic heterocycles. The standard InChI is InChI=1S/C24H34N5O8P/c1-15(30)26-20(13-17-7-9-18(10-8-17)37-38(33,34)35)23(32)27-19(11-12-21(25)31)24-28-22(29-36-24)14-16-5-3-2-4-6-16/h7-10,16,19-20H,2-6,11-14H2,1H3,(H2,25,31)(H,26,30)(H,27,32)(H2,33,34,35)/t19-,20-/m0/s1. The first-order chi connectivity index (χ1) is 18.0. The molecule has 1 heterocycles. The molecular formula is C24H34N5O8P. The van der Waals surface area contributed by atoms with Gasteiger partial charge in [-0.05, 0) is 30.0 Å². The molecule has 0 spiro atoms. The number of phosphoric ester groups is 1. The van der Waals surface area contributed by atoms with Gasteiger partial charge in [0.2, 0.25) is 23.6 Å². The Hall–Kier alpha value is -3.28. The summed E-state index contributed by atoms with van der Waals surface area (Å²) in [5, 5.41) is 9.45. The number of carbonyl (C=O) groups excluding carboxylic acids is 3. The summed E-state index contributed by atoms with van der Waals surface area (Å²) in [4.78, 5) is 58.9. The number of nitrogens with two attached hydrogens (primary N) is 1. The van der Waals surface area contributed by atoms with Gasteiger partial charge in [0.15, 0.2) is 5.82 Å². The van der Waals surface area contributed by atoms with Crippen molar-refractivity contribution in [2.45, 2.75) is 76.8 Å². The summed E-state index contributed by atoms with van der Waals surface area (Å²) in [7, 11) is -4.71. The van der Waals surface area contributed by atoms with E-state index in [2.05, 4.69) is 25.3 Å². The van der Waals surface area contributed by atoms with Crippen molar-refractivity contribution in [2.24, 2.45) is 11.7 Å². The molecule has 2 aromatic rings. The van der Waals surface area contributed by atoms with Crippen molar-refractivity contribution in [3.63, 3.8) is 0 Å². The predicted molar refractivity (Wildman–Crippen MR) is 134 cm³/mol. The minimum Gasteiger partial charge on any atom is -0.404 e. The van der Waals surface area contributed by atoms with E-state index in [1.54, 1.807) is 0 Å². The molecule has 1 saturated carbocycles. The molecule has 38 heavy (non-hydrogen) atoms. The quantitative estimate of drug-likeness (QED) is 0.228. The Labute approximate surface area is 220 Å². The summed E-state index contributed by atoms with van der Waals surface area (Å²) in [5.41, 5.74) is 5.92. The zero-order valence-corrected chi connectivity index (χ0v) is 22.1. The van der Waals surface area contributed by atoms with Gasteiger partial charge in [0, 0.05) is 26.2 Å². The van der Waals surface area contributed by atoms with Crippen LogP contribution in [0.1, 0.15) is 75.2 Å². The first-order valence-corrected chi connectivity index (χ1v) is 14.0. The van der Waals surface area contributed by atoms with E-state index >= 15 is 0 Å². The van der Waals surface area contributed by atoms with Crippen molar-refractivity contribution >= 4 is 25.5 Å². The second-order valence-corrected chi connectivity index (χ2v) is 10.7. The van der Waals surface area contributed by atoms with Crippen molar-refractivity contribution in [3.8, 4) is 5.75 Å². The van der Waals surface area contributed by atoms with Crippen LogP contribution >= 0.6 is 7.82 Å². The SMILES string of the molecule is CC(=O)N[C@@H](Cc1ccc(OP(=O)(O)O)cc1)C(=O)N[C@@H](CCC(N)=O)c1nc(CC2CCCCC2)no1. The average molecular weight is 552 g/mol. The van der Waals surface area contributed by atoms with E-state index in [0.717, 1.165) is 12.8 Å². The van der Waals surface area contributed by atoms with Crippen LogP contribution in [0, 0.1) is 5.92 Å². The molecule has 1 aromatic heterocycles. The van der Waals surface area contributed by atoms with Crippen LogP contribution in [0.25, 0.3) is 0 Å². The fourth-order valence-corrected chi connectivity index (χ4v) is 4.87. The molecule has 0 radical (unpaired) electrons. The van der Waals surface area contributed by atoms with Gasteiger partial charge >= 0.3 is 7.82 Å². The Morgan fingerprint density at radius 3 is 2.45 bits per heavy atom. The highest BCUT2D eigenvalue weighted by Gasteiger charge is 2.28. The minimum absolute atomic E-state index is 0.0306. The van der Waals surface area contributed by atoms with Crippen LogP contribution < -0.4 is 20.9 Å². The number of nitrogens with zero attached hydrogens (tertiary/aromatic N) is 2. The third-order valence-electron chi connectivity index (χ3n) is 6.26. The van der Waals surface area contributed by atoms with Crippen molar-refractivity contribution < 1.29 is 37.8 Å². The van der Waals surface area contributed by atoms with Crippen LogP contribution in [0.4, 0.5) is 0 Å². The number of carbonyl (C=O) groups is 3. The molecule has 13 nitrogen and oxygen atoms in total. The highest BCUT2D eigenvalue weighted by atomic mass is 31.2. The number of hydrogen-bond acceptors (Lipinski definition) is 8. The summed E-state index contributed by atoms with van der Waals surface area (Å²) in [6.07, 6.45) is 6.65. The molecular weight excluding hydrogens is 517 g/mol. The minimum atomic E-state index is -4.71. The molecule has 3 rings (SSSR count). The lowest BCUT2D eigenvalue weighted by Gasteiger charge is -2.21. The molecule has 1 aliphatic carbocycles. The third kappa shape index (κ3) is 9.88. The normalized spacial score (nSPS) is 15.9. The summed E-state index contributed by atoms with van der Waals surface area (Å²) in [6, 6.07) is 3.94. The van der Waals surface area contributed by atoms with Crippen molar-refractivity contribution in [1.29, 1.82) is 0 Å². The van der Waals surface area contributed by atoms with Crippen LogP contribution in [-0.2, 0) is 31.8 Å². The van der Waals surface area contributed by atoms with E-state index in [1.165, 1.54) is 50.5 Å². The number of nitrogens with one attached hydrogen (secondary N) is 2. The molecule has 6 N–H and O–H groups in total. The molecule has 1 fully saturated rings. The number of rotatable bonds is 13. The summed E-state index contributed by atoms with van der Waals surface area (Å²) in [5.74, 6) is -0.399. The molecule has 0 unspecified atom stereocenters. The van der Waals surface area contributed by atoms with E-state index in [4.69, 9.17) is 20.0 Å².